The van der Waals surface area contributed by atoms with Crippen LogP contribution in [-0.4, -0.2) is 62.1 Å². The van der Waals surface area contributed by atoms with Crippen molar-refractivity contribution in [2.75, 3.05) is 7.05 Å². The number of likely N-dealkylation sites (N-methyl/N-ethyl adjacent to an activating group) is 1. The van der Waals surface area contributed by atoms with Crippen LogP contribution in [0.5, 0.6) is 0 Å². The maximum absolute atomic E-state index is 15.2. The summed E-state index contributed by atoms with van der Waals surface area (Å²) in [6.07, 6.45) is 1.14. The van der Waals surface area contributed by atoms with Gasteiger partial charge in [0.25, 0.3) is 6.33 Å². The fourth-order valence-corrected chi connectivity index (χ4v) is 6.49. The number of aliphatic hydroxyl groups is 1. The molecule has 1 aliphatic heterocycles. The van der Waals surface area contributed by atoms with Gasteiger partial charge in [0.1, 0.15) is 23.8 Å². The second kappa shape index (κ2) is 17.2. The van der Waals surface area contributed by atoms with E-state index in [4.69, 9.17) is 14.7 Å². The summed E-state index contributed by atoms with van der Waals surface area (Å²) in [6.45, 7) is 2.13. The lowest BCUT2D eigenvalue weighted by atomic mass is 9.82. The largest absolute Gasteiger partial charge is 1.00 e. The summed E-state index contributed by atoms with van der Waals surface area (Å²) < 4.78 is 42.9. The van der Waals surface area contributed by atoms with E-state index >= 15 is 4.39 Å². The SMILES string of the molecule is CNC(OC(C)=O)[C@@H]1CCC(=O)N1C(=O)OC[n+]1cnn(C[C@](O)(c2cc(F)ccc2F)[C@@H](C)c2nc(-c3ccc(C#N)cc3)cs2)c1.Cl.[I-]. The van der Waals surface area contributed by atoms with Gasteiger partial charge in [-0.25, -0.2) is 28.0 Å². The fraction of sp³-hybridized carbons (Fsp3) is 0.344. The number of thiazole rings is 1. The Hall–Kier alpha value is -4.09. The summed E-state index contributed by atoms with van der Waals surface area (Å²) in [5, 5.41) is 30.5. The number of hydrogen-bond acceptors (Lipinski definition) is 11. The number of likely N-dealkylation sites (tertiary alicyclic amines) is 1. The summed E-state index contributed by atoms with van der Waals surface area (Å²) in [7, 11) is 1.53. The van der Waals surface area contributed by atoms with Crippen LogP contribution in [0.4, 0.5) is 13.6 Å². The molecule has 5 rings (SSSR count). The van der Waals surface area contributed by atoms with Gasteiger partial charge in [0, 0.05) is 40.9 Å². The molecule has 4 aromatic rings. The minimum atomic E-state index is -2.05. The van der Waals surface area contributed by atoms with Gasteiger partial charge in [-0.1, -0.05) is 19.1 Å². The third-order valence-corrected chi connectivity index (χ3v) is 9.09. The minimum Gasteiger partial charge on any atom is -1.00 e. The number of carbonyl (C=O) groups excluding carboxylic acids is 3. The number of rotatable bonds is 11. The van der Waals surface area contributed by atoms with Gasteiger partial charge < -0.3 is 38.6 Å². The fourth-order valence-electron chi connectivity index (χ4n) is 5.52. The zero-order valence-corrected chi connectivity index (χ0v) is 30.7. The van der Waals surface area contributed by atoms with Crippen LogP contribution < -0.4 is 33.9 Å². The number of nitrogens with one attached hydrogen (secondary N) is 1. The number of halogens is 4. The number of esters is 1. The van der Waals surface area contributed by atoms with Crippen LogP contribution >= 0.6 is 23.7 Å². The Balaban J connectivity index is 0.00000338. The third-order valence-electron chi connectivity index (χ3n) is 8.06. The van der Waals surface area contributed by atoms with E-state index in [9.17, 15) is 23.9 Å². The van der Waals surface area contributed by atoms with E-state index in [2.05, 4.69) is 21.5 Å². The summed E-state index contributed by atoms with van der Waals surface area (Å²) >= 11 is 1.23. The van der Waals surface area contributed by atoms with Crippen molar-refractivity contribution in [2.24, 2.45) is 0 Å². The predicted octanol–water partition coefficient (Wildman–Crippen LogP) is 0.755. The van der Waals surface area contributed by atoms with Gasteiger partial charge in [-0.2, -0.15) is 5.26 Å². The van der Waals surface area contributed by atoms with Crippen LogP contribution in [0.1, 0.15) is 48.7 Å². The van der Waals surface area contributed by atoms with Gasteiger partial charge in [0.15, 0.2) is 6.23 Å². The molecule has 266 valence electrons. The molecular weight excluding hydrogens is 811 g/mol. The molecule has 1 unspecified atom stereocenters. The molecule has 0 bridgehead atoms. The standard InChI is InChI=1S/C32H32F2N7O6S.ClH.HI/c1-19(30-38-26(14-48-30)22-6-4-21(13-35)5-7-22)32(45,24-12-23(33)8-9-25(24)34)15-40-17-39(16-37-40)18-46-31(44)41-27(10-11-28(41)43)29(36-3)47-20(2)42;;/h4-9,12,14,16-17,19,27,29,36,45H,10-11,15,18H2,1-3H3;2*1H/q+1;;/p-1/t19-,27-,29?,32+;;/m0../s1. The summed E-state index contributed by atoms with van der Waals surface area (Å²) in [5.74, 6) is -3.52. The third kappa shape index (κ3) is 8.79. The molecule has 2 N–H and O–H groups in total. The quantitative estimate of drug-likeness (QED) is 0.0955. The molecule has 0 spiro atoms. The van der Waals surface area contributed by atoms with Crippen molar-refractivity contribution in [2.45, 2.75) is 63.8 Å². The van der Waals surface area contributed by atoms with Gasteiger partial charge in [-0.3, -0.25) is 14.9 Å². The molecule has 2 aromatic heterocycles. The maximum Gasteiger partial charge on any atom is 0.419 e. The average molecular weight is 844 g/mol. The highest BCUT2D eigenvalue weighted by Gasteiger charge is 2.44. The highest BCUT2D eigenvalue weighted by atomic mass is 127. The van der Waals surface area contributed by atoms with E-state index in [-0.39, 0.29) is 68.1 Å². The zero-order chi connectivity index (χ0) is 34.6. The van der Waals surface area contributed by atoms with Gasteiger partial charge >= 0.3 is 12.1 Å². The lowest BCUT2D eigenvalue weighted by Crippen LogP contribution is -3.00. The number of imide groups is 1. The second-order valence-corrected chi connectivity index (χ2v) is 12.1. The average Bonchev–Trinajstić information content (AvgIpc) is 3.83. The Morgan fingerprint density at radius 3 is 2.64 bits per heavy atom. The first-order valence-corrected chi connectivity index (χ1v) is 15.7. The maximum atomic E-state index is 15.2. The molecule has 1 aliphatic rings. The van der Waals surface area contributed by atoms with E-state index in [0.29, 0.717) is 16.3 Å². The van der Waals surface area contributed by atoms with Crippen LogP contribution in [0.15, 0.2) is 60.5 Å². The van der Waals surface area contributed by atoms with Crippen molar-refractivity contribution in [1.82, 2.24) is 25.0 Å². The number of hydrogen-bond donors (Lipinski definition) is 2. The molecule has 2 amide bonds. The van der Waals surface area contributed by atoms with Crippen molar-refractivity contribution in [1.29, 1.82) is 5.26 Å². The first kappa shape index (κ1) is 40.3. The van der Waals surface area contributed by atoms with E-state index in [1.165, 1.54) is 47.2 Å². The molecule has 13 nitrogen and oxygen atoms in total. The molecule has 18 heteroatoms. The summed E-state index contributed by atoms with van der Waals surface area (Å²) in [6, 6.07) is 10.9. The van der Waals surface area contributed by atoms with Crippen LogP contribution in [0.2, 0.25) is 0 Å². The predicted molar refractivity (Wildman–Crippen MR) is 172 cm³/mol. The number of carbonyl (C=O) groups is 3. The van der Waals surface area contributed by atoms with E-state index in [1.54, 1.807) is 36.6 Å². The minimum absolute atomic E-state index is 0. The van der Waals surface area contributed by atoms with Gasteiger partial charge in [0.05, 0.1) is 28.4 Å². The Morgan fingerprint density at radius 2 is 1.98 bits per heavy atom. The van der Waals surface area contributed by atoms with Gasteiger partial charge in [0.2, 0.25) is 19.0 Å². The van der Waals surface area contributed by atoms with Gasteiger partial charge in [-0.15, -0.1) is 28.4 Å². The van der Waals surface area contributed by atoms with E-state index < -0.39 is 53.4 Å². The molecule has 3 heterocycles. The van der Waals surface area contributed by atoms with Crippen LogP contribution in [-0.2, 0) is 37.9 Å². The Kier molecular flexibility index (Phi) is 13.9. The molecule has 2 aromatic carbocycles. The first-order chi connectivity index (χ1) is 22.9. The topological polar surface area (TPSA) is 164 Å². The van der Waals surface area contributed by atoms with Crippen molar-refractivity contribution in [3.63, 3.8) is 0 Å². The van der Waals surface area contributed by atoms with Crippen LogP contribution in [0.3, 0.4) is 0 Å². The van der Waals surface area contributed by atoms with Crippen LogP contribution in [0, 0.1) is 23.0 Å². The Morgan fingerprint density at radius 1 is 1.26 bits per heavy atom. The van der Waals surface area contributed by atoms with Crippen molar-refractivity contribution in [3.05, 3.63) is 88.3 Å². The Labute approximate surface area is 313 Å². The molecular formula is C32H33ClF2IN7O6S. The lowest BCUT2D eigenvalue weighted by Gasteiger charge is -2.32. The lowest BCUT2D eigenvalue weighted by molar-refractivity contribution is -0.728. The van der Waals surface area contributed by atoms with Crippen molar-refractivity contribution < 1.29 is 66.3 Å². The van der Waals surface area contributed by atoms with E-state index in [0.717, 1.165) is 28.7 Å². The number of aromatic nitrogens is 4. The number of nitriles is 1. The summed E-state index contributed by atoms with van der Waals surface area (Å²) in [5.41, 5.74) is -0.550. The second-order valence-electron chi connectivity index (χ2n) is 11.2. The molecule has 0 saturated carbocycles. The Bertz CT molecular complexity index is 1870. The van der Waals surface area contributed by atoms with Crippen LogP contribution in [0.25, 0.3) is 11.3 Å². The number of benzene rings is 2. The number of nitrogens with zero attached hydrogens (tertiary/aromatic N) is 6. The summed E-state index contributed by atoms with van der Waals surface area (Å²) in [4.78, 5) is 42.5. The number of ether oxygens (including phenoxy) is 2. The molecule has 4 atom stereocenters. The molecule has 50 heavy (non-hydrogen) atoms. The number of amides is 2. The highest BCUT2D eigenvalue weighted by molar-refractivity contribution is 7.10. The molecule has 0 aliphatic carbocycles. The van der Waals surface area contributed by atoms with Crippen molar-refractivity contribution >= 4 is 41.7 Å². The highest BCUT2D eigenvalue weighted by Crippen LogP contribution is 2.41. The van der Waals surface area contributed by atoms with Gasteiger partial charge in [-0.05, 0) is 43.8 Å². The monoisotopic (exact) mass is 843 g/mol. The zero-order valence-electron chi connectivity index (χ0n) is 27.0. The molecule has 1 fully saturated rings. The normalized spacial score (nSPS) is 16.3. The molecule has 0 radical (unpaired) electrons. The van der Waals surface area contributed by atoms with Crippen molar-refractivity contribution in [3.8, 4) is 17.3 Å². The molecule has 1 saturated heterocycles. The van der Waals surface area contributed by atoms with E-state index in [1.807, 2.05) is 0 Å². The first-order valence-electron chi connectivity index (χ1n) is 14.8. The smallest absolute Gasteiger partial charge is 0.419 e.